The van der Waals surface area contributed by atoms with Crippen molar-refractivity contribution in [2.24, 2.45) is 0 Å². The summed E-state index contributed by atoms with van der Waals surface area (Å²) in [6.07, 6.45) is 2.34. The van der Waals surface area contributed by atoms with Gasteiger partial charge >= 0.3 is 6.03 Å². The van der Waals surface area contributed by atoms with E-state index in [1.54, 1.807) is 29.1 Å². The standard InChI is InChI=1S/C37H33N8O4P/c1-37(2,3)31-20-32(45(44-31)25-8-6-7-22(17-25)21-50-48)42-36(47)41-28-13-14-30(27-10-5-4-9-26(27)28)49-34-15-16-38-35(43-34)39-24-12-11-23-18-33(46)40-29(23)19-24/h4-17,19-20H,18,21H2,1-3H3,(H,40,46)(H,38,39,43)(H2,41,42,47). The molecule has 0 unspecified atom stereocenters. The van der Waals surface area contributed by atoms with Gasteiger partial charge in [0.1, 0.15) is 11.6 Å². The van der Waals surface area contributed by atoms with Gasteiger partial charge in [-0.1, -0.05) is 63.2 Å². The molecular formula is C37H33N8O4P. The van der Waals surface area contributed by atoms with Crippen molar-refractivity contribution >= 4 is 60.0 Å². The molecule has 3 amide bonds. The second-order valence-electron chi connectivity index (χ2n) is 12.8. The van der Waals surface area contributed by atoms with Crippen LogP contribution < -0.4 is 26.0 Å². The Morgan fingerprint density at radius 3 is 2.62 bits per heavy atom. The van der Waals surface area contributed by atoms with Crippen LogP contribution in [0.1, 0.15) is 37.6 Å². The van der Waals surface area contributed by atoms with Crippen molar-refractivity contribution in [2.45, 2.75) is 38.8 Å². The zero-order chi connectivity index (χ0) is 34.8. The lowest BCUT2D eigenvalue weighted by molar-refractivity contribution is -0.115. The van der Waals surface area contributed by atoms with E-state index in [9.17, 15) is 14.2 Å². The predicted octanol–water partition coefficient (Wildman–Crippen LogP) is 8.58. The van der Waals surface area contributed by atoms with Crippen LogP contribution in [0.15, 0.2) is 97.2 Å². The van der Waals surface area contributed by atoms with Gasteiger partial charge in [0.05, 0.1) is 29.7 Å². The molecule has 7 rings (SSSR count). The van der Waals surface area contributed by atoms with E-state index in [0.29, 0.717) is 41.7 Å². The highest BCUT2D eigenvalue weighted by molar-refractivity contribution is 7.22. The van der Waals surface area contributed by atoms with Crippen LogP contribution >= 0.6 is 8.46 Å². The van der Waals surface area contributed by atoms with E-state index in [4.69, 9.17) is 9.84 Å². The largest absolute Gasteiger partial charge is 0.438 e. The summed E-state index contributed by atoms with van der Waals surface area (Å²) in [6, 6.07) is 27.4. The van der Waals surface area contributed by atoms with Crippen molar-refractivity contribution in [3.05, 3.63) is 114 Å². The molecule has 3 heterocycles. The van der Waals surface area contributed by atoms with Gasteiger partial charge in [0.15, 0.2) is 8.46 Å². The maximum Gasteiger partial charge on any atom is 0.324 e. The fraction of sp³-hybridized carbons (Fsp3) is 0.162. The number of urea groups is 1. The number of hydrogen-bond donors (Lipinski definition) is 4. The van der Waals surface area contributed by atoms with Crippen LogP contribution in [0.2, 0.25) is 0 Å². The summed E-state index contributed by atoms with van der Waals surface area (Å²) in [5.74, 6) is 1.65. The molecule has 0 saturated heterocycles. The lowest BCUT2D eigenvalue weighted by Gasteiger charge is -2.14. The van der Waals surface area contributed by atoms with Gasteiger partial charge in [0, 0.05) is 45.9 Å². The summed E-state index contributed by atoms with van der Waals surface area (Å²) in [5, 5.41) is 18.3. The van der Waals surface area contributed by atoms with Crippen LogP contribution in [-0.2, 0) is 27.4 Å². The van der Waals surface area contributed by atoms with E-state index in [2.05, 4.69) is 52.0 Å². The van der Waals surface area contributed by atoms with Gasteiger partial charge in [0.2, 0.25) is 17.7 Å². The van der Waals surface area contributed by atoms with Crippen LogP contribution in [0, 0.1) is 0 Å². The number of hydrogen-bond acceptors (Lipinski definition) is 8. The summed E-state index contributed by atoms with van der Waals surface area (Å²) in [4.78, 5) is 34.1. The van der Waals surface area contributed by atoms with E-state index in [1.165, 1.54) is 0 Å². The maximum atomic E-state index is 13.5. The van der Waals surface area contributed by atoms with Crippen molar-refractivity contribution in [3.8, 4) is 17.3 Å². The average molecular weight is 685 g/mol. The number of benzene rings is 4. The molecule has 0 aliphatic carbocycles. The molecule has 4 aromatic carbocycles. The molecule has 0 spiro atoms. The van der Waals surface area contributed by atoms with E-state index in [0.717, 1.165) is 44.7 Å². The number of ether oxygens (including phenoxy) is 1. The summed E-state index contributed by atoms with van der Waals surface area (Å²) in [6.45, 7) is 6.17. The molecule has 4 N–H and O–H groups in total. The summed E-state index contributed by atoms with van der Waals surface area (Å²) in [7, 11) is 0.0265. The van der Waals surface area contributed by atoms with Gasteiger partial charge in [-0.2, -0.15) is 10.1 Å². The summed E-state index contributed by atoms with van der Waals surface area (Å²) < 4.78 is 19.2. The Kier molecular flexibility index (Phi) is 8.69. The van der Waals surface area contributed by atoms with E-state index < -0.39 is 6.03 Å². The fourth-order valence-corrected chi connectivity index (χ4v) is 5.97. The molecule has 250 valence electrons. The van der Waals surface area contributed by atoms with Gasteiger partial charge in [-0.25, -0.2) is 14.5 Å². The normalized spacial score (nSPS) is 12.4. The number of nitrogens with zero attached hydrogens (tertiary/aromatic N) is 4. The highest BCUT2D eigenvalue weighted by atomic mass is 31.1. The minimum atomic E-state index is -0.447. The number of aromatic nitrogens is 4. The third kappa shape index (κ3) is 7.01. The molecule has 2 aromatic heterocycles. The molecule has 50 heavy (non-hydrogen) atoms. The number of carbonyl (C=O) groups excluding carboxylic acids is 2. The first-order chi connectivity index (χ1) is 24.1. The first-order valence-electron chi connectivity index (χ1n) is 15.9. The quantitative estimate of drug-likeness (QED) is 0.111. The van der Waals surface area contributed by atoms with Crippen LogP contribution in [-0.4, -0.2) is 31.7 Å². The lowest BCUT2D eigenvalue weighted by atomic mass is 9.92. The Bertz CT molecular complexity index is 2280. The highest BCUT2D eigenvalue weighted by Gasteiger charge is 2.22. The molecule has 0 atom stereocenters. The molecule has 6 aromatic rings. The van der Waals surface area contributed by atoms with Crippen LogP contribution in [0.3, 0.4) is 0 Å². The molecular weight excluding hydrogens is 651 g/mol. The lowest BCUT2D eigenvalue weighted by Crippen LogP contribution is -2.21. The minimum Gasteiger partial charge on any atom is -0.438 e. The van der Waals surface area contributed by atoms with Crippen molar-refractivity contribution in [2.75, 3.05) is 21.3 Å². The number of rotatable bonds is 9. The number of carbonyl (C=O) groups is 2. The third-order valence-corrected chi connectivity index (χ3v) is 8.58. The maximum absolute atomic E-state index is 13.5. The molecule has 12 nitrogen and oxygen atoms in total. The summed E-state index contributed by atoms with van der Waals surface area (Å²) in [5.41, 5.74) is 5.19. The number of nitrogens with one attached hydrogen (secondary N) is 4. The zero-order valence-electron chi connectivity index (χ0n) is 27.5. The zero-order valence-corrected chi connectivity index (χ0v) is 28.4. The molecule has 0 fully saturated rings. The molecule has 0 saturated carbocycles. The van der Waals surface area contributed by atoms with Gasteiger partial charge in [-0.15, -0.1) is 0 Å². The topological polar surface area (TPSA) is 152 Å². The first kappa shape index (κ1) is 32.4. The smallest absolute Gasteiger partial charge is 0.324 e. The first-order valence-corrected chi connectivity index (χ1v) is 16.9. The molecule has 1 aliphatic rings. The Morgan fingerprint density at radius 1 is 0.960 bits per heavy atom. The Morgan fingerprint density at radius 2 is 1.80 bits per heavy atom. The Balaban J connectivity index is 1.10. The second-order valence-corrected chi connectivity index (χ2v) is 13.4. The molecule has 13 heteroatoms. The van der Waals surface area contributed by atoms with Gasteiger partial charge < -0.3 is 20.7 Å². The van der Waals surface area contributed by atoms with E-state index in [1.807, 2.05) is 72.8 Å². The van der Waals surface area contributed by atoms with Gasteiger partial charge in [-0.05, 0) is 47.5 Å². The van der Waals surface area contributed by atoms with Crippen LogP contribution in [0.4, 0.5) is 33.6 Å². The molecule has 1 aliphatic heterocycles. The van der Waals surface area contributed by atoms with Crippen molar-refractivity contribution in [1.29, 1.82) is 0 Å². The van der Waals surface area contributed by atoms with Crippen molar-refractivity contribution in [1.82, 2.24) is 19.7 Å². The SMILES string of the molecule is CC(C)(C)c1cc(NC(=O)Nc2ccc(Oc3ccnc(Nc4ccc5c(c4)NC(=O)C5)n3)c3ccccc23)n(-c2cccc(CP=O)c2)n1. The monoisotopic (exact) mass is 684 g/mol. The predicted molar refractivity (Wildman–Crippen MR) is 194 cm³/mol. The molecule has 0 bridgehead atoms. The fourth-order valence-electron chi connectivity index (χ4n) is 5.63. The number of fused-ring (bicyclic) bond motifs is 2. The summed E-state index contributed by atoms with van der Waals surface area (Å²) >= 11 is 0. The van der Waals surface area contributed by atoms with Crippen molar-refractivity contribution in [3.63, 3.8) is 0 Å². The number of anilines is 5. The van der Waals surface area contributed by atoms with E-state index in [-0.39, 0.29) is 19.8 Å². The number of amides is 3. The molecule has 0 radical (unpaired) electrons. The Labute approximate surface area is 289 Å². The van der Waals surface area contributed by atoms with Crippen LogP contribution in [0.25, 0.3) is 16.5 Å². The minimum absolute atomic E-state index is 0.0265. The van der Waals surface area contributed by atoms with E-state index >= 15 is 0 Å². The van der Waals surface area contributed by atoms with Crippen molar-refractivity contribution < 1.29 is 18.9 Å². The van der Waals surface area contributed by atoms with Gasteiger partial charge in [0.25, 0.3) is 0 Å². The third-order valence-electron chi connectivity index (χ3n) is 8.09. The van der Waals surface area contributed by atoms with Crippen LogP contribution in [0.5, 0.6) is 11.6 Å². The van der Waals surface area contributed by atoms with Gasteiger partial charge in [-0.3, -0.25) is 14.7 Å². The Hall–Kier alpha value is -6.13. The average Bonchev–Trinajstić information content (AvgIpc) is 3.69. The highest BCUT2D eigenvalue weighted by Crippen LogP contribution is 2.35. The second kappa shape index (κ2) is 13.4.